The van der Waals surface area contributed by atoms with Gasteiger partial charge in [-0.15, -0.1) is 0 Å². The van der Waals surface area contributed by atoms with Gasteiger partial charge in [-0.2, -0.15) is 0 Å². The molecule has 2 aliphatic rings. The molecule has 0 spiro atoms. The van der Waals surface area contributed by atoms with Crippen molar-refractivity contribution >= 4 is 38.2 Å². The van der Waals surface area contributed by atoms with Crippen LogP contribution >= 0.6 is 11.6 Å². The minimum absolute atomic E-state index is 0.176. The van der Waals surface area contributed by atoms with Crippen LogP contribution in [0, 0.1) is 0 Å². The van der Waals surface area contributed by atoms with Gasteiger partial charge in [-0.3, -0.25) is 0 Å². The first kappa shape index (κ1) is 18.8. The maximum atomic E-state index is 11.8. The Bertz CT molecular complexity index is 1200. The quantitative estimate of drug-likeness (QED) is 0.640. The summed E-state index contributed by atoms with van der Waals surface area (Å²) in [5, 5.41) is 1.23. The standard InChI is InChI=1S/C20H22ClN5O2S/c1-11-5-16-15(19(24-10-23-16)12-6-13(7-12)29(2,27)28)9-26(11)17-8-18(21)25-20-14(17)3-4-22-20/h3-4,8,10-13H,5-7,9H2,1-2H3,(H,22,25)/t11-,12?,13?/m1/s1. The maximum absolute atomic E-state index is 11.8. The van der Waals surface area contributed by atoms with Crippen LogP contribution in [-0.2, 0) is 22.8 Å². The Morgan fingerprint density at radius 1 is 1.28 bits per heavy atom. The predicted octanol–water partition coefficient (Wildman–Crippen LogP) is 3.25. The largest absolute Gasteiger partial charge is 0.363 e. The Hall–Kier alpha value is -2.19. The summed E-state index contributed by atoms with van der Waals surface area (Å²) in [4.78, 5) is 18.9. The van der Waals surface area contributed by atoms with Gasteiger partial charge in [0.15, 0.2) is 0 Å². The van der Waals surface area contributed by atoms with E-state index in [1.807, 2.05) is 18.3 Å². The van der Waals surface area contributed by atoms with E-state index in [1.165, 1.54) is 6.26 Å². The highest BCUT2D eigenvalue weighted by Crippen LogP contribution is 2.43. The second-order valence-corrected chi connectivity index (χ2v) is 10.9. The lowest BCUT2D eigenvalue weighted by molar-refractivity contribution is 0.398. The molecule has 9 heteroatoms. The van der Waals surface area contributed by atoms with Crippen LogP contribution in [0.4, 0.5) is 5.69 Å². The average molecular weight is 432 g/mol. The Kier molecular flexibility index (Phi) is 4.33. The molecular formula is C20H22ClN5O2S. The van der Waals surface area contributed by atoms with Crippen LogP contribution < -0.4 is 4.90 Å². The molecule has 7 nitrogen and oxygen atoms in total. The first-order valence-electron chi connectivity index (χ1n) is 9.73. The number of halogens is 1. The Balaban J connectivity index is 1.52. The zero-order valence-electron chi connectivity index (χ0n) is 16.3. The van der Waals surface area contributed by atoms with Crippen molar-refractivity contribution in [2.75, 3.05) is 11.2 Å². The third-order valence-electron chi connectivity index (χ3n) is 6.29. The molecule has 1 atom stereocenters. The number of hydrogen-bond donors (Lipinski definition) is 1. The third kappa shape index (κ3) is 3.18. The molecule has 152 valence electrons. The van der Waals surface area contributed by atoms with Crippen LogP contribution in [0.5, 0.6) is 0 Å². The second kappa shape index (κ2) is 6.67. The molecule has 0 unspecified atom stereocenters. The van der Waals surface area contributed by atoms with Crippen LogP contribution in [0.2, 0.25) is 5.15 Å². The van der Waals surface area contributed by atoms with E-state index in [2.05, 4.69) is 31.8 Å². The molecule has 0 amide bonds. The van der Waals surface area contributed by atoms with E-state index in [0.29, 0.717) is 24.5 Å². The maximum Gasteiger partial charge on any atom is 0.150 e. The third-order valence-corrected chi connectivity index (χ3v) is 8.08. The molecule has 0 radical (unpaired) electrons. The van der Waals surface area contributed by atoms with Gasteiger partial charge in [0.05, 0.1) is 22.3 Å². The smallest absolute Gasteiger partial charge is 0.150 e. The molecule has 3 aromatic heterocycles. The normalized spacial score (nSPS) is 24.4. The molecule has 0 aromatic carbocycles. The van der Waals surface area contributed by atoms with Gasteiger partial charge in [-0.1, -0.05) is 11.6 Å². The summed E-state index contributed by atoms with van der Waals surface area (Å²) >= 11 is 6.28. The molecule has 1 saturated carbocycles. The summed E-state index contributed by atoms with van der Waals surface area (Å²) in [6, 6.07) is 4.17. The molecule has 1 N–H and O–H groups in total. The number of aromatic nitrogens is 4. The van der Waals surface area contributed by atoms with Crippen LogP contribution in [-0.4, -0.2) is 45.9 Å². The second-order valence-electron chi connectivity index (χ2n) is 8.19. The summed E-state index contributed by atoms with van der Waals surface area (Å²) < 4.78 is 23.7. The molecule has 1 aliphatic carbocycles. The lowest BCUT2D eigenvalue weighted by Crippen LogP contribution is -2.41. The van der Waals surface area contributed by atoms with Gasteiger partial charge < -0.3 is 9.88 Å². The minimum Gasteiger partial charge on any atom is -0.363 e. The first-order valence-corrected chi connectivity index (χ1v) is 12.1. The molecule has 1 aliphatic heterocycles. The van der Waals surface area contributed by atoms with Crippen molar-refractivity contribution in [1.29, 1.82) is 0 Å². The molecular weight excluding hydrogens is 410 g/mol. The van der Waals surface area contributed by atoms with Gasteiger partial charge in [-0.05, 0) is 31.9 Å². The number of sulfone groups is 1. The van der Waals surface area contributed by atoms with Gasteiger partial charge in [0.1, 0.15) is 27.0 Å². The number of rotatable bonds is 3. The van der Waals surface area contributed by atoms with Crippen LogP contribution in [0.15, 0.2) is 24.7 Å². The molecule has 1 fully saturated rings. The SMILES string of the molecule is C[C@@H]1Cc2ncnc(C3CC(S(C)(=O)=O)C3)c2CN1c1cc(Cl)nc2[nH]ccc12. The number of pyridine rings is 1. The average Bonchev–Trinajstić information content (AvgIpc) is 3.06. The van der Waals surface area contributed by atoms with Crippen molar-refractivity contribution in [3.8, 4) is 0 Å². The van der Waals surface area contributed by atoms with Crippen molar-refractivity contribution < 1.29 is 8.42 Å². The van der Waals surface area contributed by atoms with E-state index in [0.717, 1.165) is 40.1 Å². The van der Waals surface area contributed by atoms with E-state index in [1.54, 1.807) is 6.33 Å². The Morgan fingerprint density at radius 3 is 2.83 bits per heavy atom. The van der Waals surface area contributed by atoms with E-state index >= 15 is 0 Å². The summed E-state index contributed by atoms with van der Waals surface area (Å²) in [5.74, 6) is 0.176. The van der Waals surface area contributed by atoms with Gasteiger partial charge in [0, 0.05) is 48.3 Å². The number of aromatic amines is 1. The van der Waals surface area contributed by atoms with Gasteiger partial charge in [0.25, 0.3) is 0 Å². The van der Waals surface area contributed by atoms with Crippen molar-refractivity contribution in [1.82, 2.24) is 19.9 Å². The van der Waals surface area contributed by atoms with Crippen molar-refractivity contribution in [2.24, 2.45) is 0 Å². The summed E-state index contributed by atoms with van der Waals surface area (Å²) in [5.41, 5.74) is 4.99. The minimum atomic E-state index is -2.99. The Labute approximate surface area is 174 Å². The lowest BCUT2D eigenvalue weighted by atomic mass is 9.79. The molecule has 3 aromatic rings. The zero-order valence-corrected chi connectivity index (χ0v) is 17.8. The van der Waals surface area contributed by atoms with Crippen LogP contribution in [0.1, 0.15) is 42.6 Å². The van der Waals surface area contributed by atoms with Crippen LogP contribution in [0.25, 0.3) is 11.0 Å². The van der Waals surface area contributed by atoms with E-state index in [9.17, 15) is 8.42 Å². The molecule has 0 bridgehead atoms. The fourth-order valence-corrected chi connectivity index (χ4v) is 5.92. The van der Waals surface area contributed by atoms with E-state index in [-0.39, 0.29) is 17.2 Å². The predicted molar refractivity (Wildman–Crippen MR) is 113 cm³/mol. The van der Waals surface area contributed by atoms with E-state index < -0.39 is 9.84 Å². The van der Waals surface area contributed by atoms with Gasteiger partial charge >= 0.3 is 0 Å². The lowest BCUT2D eigenvalue weighted by Gasteiger charge is -2.40. The fourth-order valence-electron chi connectivity index (χ4n) is 4.57. The Morgan fingerprint density at radius 2 is 2.07 bits per heavy atom. The summed E-state index contributed by atoms with van der Waals surface area (Å²) in [6.45, 7) is 2.86. The highest BCUT2D eigenvalue weighted by molar-refractivity contribution is 7.91. The number of anilines is 1. The van der Waals surface area contributed by atoms with Gasteiger partial charge in [0.2, 0.25) is 0 Å². The fraction of sp³-hybridized carbons (Fsp3) is 0.450. The van der Waals surface area contributed by atoms with Crippen molar-refractivity contribution in [3.63, 3.8) is 0 Å². The number of H-pyrrole nitrogens is 1. The summed E-state index contributed by atoms with van der Waals surface area (Å²) in [6.07, 6.45) is 6.90. The first-order chi connectivity index (χ1) is 13.8. The topological polar surface area (TPSA) is 91.8 Å². The zero-order chi connectivity index (χ0) is 20.3. The molecule has 5 rings (SSSR count). The number of hydrogen-bond acceptors (Lipinski definition) is 6. The molecule has 0 saturated heterocycles. The molecule has 4 heterocycles. The van der Waals surface area contributed by atoms with Crippen LogP contribution in [0.3, 0.4) is 0 Å². The number of fused-ring (bicyclic) bond motifs is 2. The molecule has 29 heavy (non-hydrogen) atoms. The summed E-state index contributed by atoms with van der Waals surface area (Å²) in [7, 11) is -2.99. The van der Waals surface area contributed by atoms with Crippen molar-refractivity contribution in [3.05, 3.63) is 46.8 Å². The van der Waals surface area contributed by atoms with Gasteiger partial charge in [-0.25, -0.2) is 23.4 Å². The highest BCUT2D eigenvalue weighted by atomic mass is 35.5. The highest BCUT2D eigenvalue weighted by Gasteiger charge is 2.40. The number of nitrogens with one attached hydrogen (secondary N) is 1. The number of nitrogens with zero attached hydrogens (tertiary/aromatic N) is 4. The van der Waals surface area contributed by atoms with Crippen molar-refractivity contribution in [2.45, 2.75) is 49.9 Å². The van der Waals surface area contributed by atoms with E-state index in [4.69, 9.17) is 11.6 Å². The monoisotopic (exact) mass is 431 g/mol.